The van der Waals surface area contributed by atoms with Crippen LogP contribution in [0.1, 0.15) is 13.8 Å². The van der Waals surface area contributed by atoms with E-state index >= 15 is 0 Å². The number of rotatable bonds is 5. The highest BCUT2D eigenvalue weighted by Crippen LogP contribution is 2.23. The van der Waals surface area contributed by atoms with Gasteiger partial charge in [-0.1, -0.05) is 13.8 Å². The Kier molecular flexibility index (Phi) is 5.25. The van der Waals surface area contributed by atoms with E-state index in [1.165, 1.54) is 0 Å². The average Bonchev–Trinajstić information content (AvgIpc) is 2.31. The number of aliphatic carboxylic acids is 1. The molecule has 1 heterocycles. The van der Waals surface area contributed by atoms with Gasteiger partial charge in [-0.2, -0.15) is 0 Å². The Bertz CT molecular complexity index is 324. The van der Waals surface area contributed by atoms with Crippen LogP contribution in [0.4, 0.5) is 0 Å². The second-order valence-corrected chi connectivity index (χ2v) is 5.10. The van der Waals surface area contributed by atoms with Gasteiger partial charge in [0.05, 0.1) is 13.2 Å². The van der Waals surface area contributed by atoms with Crippen molar-refractivity contribution in [1.82, 2.24) is 5.32 Å². The third kappa shape index (κ3) is 3.62. The summed E-state index contributed by atoms with van der Waals surface area (Å²) >= 11 is 0. The van der Waals surface area contributed by atoms with Crippen molar-refractivity contribution < 1.29 is 35.1 Å². The minimum atomic E-state index is -2.14. The van der Waals surface area contributed by atoms with Crippen molar-refractivity contribution in [3.8, 4) is 0 Å². The Morgan fingerprint density at radius 2 is 2.00 bits per heavy atom. The molecule has 0 aromatic rings. The number of carbonyl (C=O) groups is 1. The van der Waals surface area contributed by atoms with Crippen LogP contribution in [0.25, 0.3) is 0 Å². The topological polar surface area (TPSA) is 139 Å². The van der Waals surface area contributed by atoms with Gasteiger partial charge < -0.3 is 30.3 Å². The van der Waals surface area contributed by atoms with Crippen LogP contribution < -0.4 is 5.32 Å². The monoisotopic (exact) mass is 279 g/mol. The van der Waals surface area contributed by atoms with Gasteiger partial charge in [0, 0.05) is 0 Å². The Hall–Kier alpha value is -0.770. The van der Waals surface area contributed by atoms with Crippen LogP contribution in [0.3, 0.4) is 0 Å². The van der Waals surface area contributed by atoms with Gasteiger partial charge >= 0.3 is 5.97 Å². The molecule has 1 rings (SSSR count). The van der Waals surface area contributed by atoms with E-state index < -0.39 is 36.1 Å². The lowest BCUT2D eigenvalue weighted by molar-refractivity contribution is -0.318. The molecule has 112 valence electrons. The minimum Gasteiger partial charge on any atom is -0.480 e. The normalized spacial score (nSPS) is 37.3. The summed E-state index contributed by atoms with van der Waals surface area (Å²) in [6.07, 6.45) is -4.58. The zero-order chi connectivity index (χ0) is 14.8. The van der Waals surface area contributed by atoms with Crippen molar-refractivity contribution in [3.05, 3.63) is 0 Å². The number of carboxylic acid groups (broad SMARTS) is 1. The maximum atomic E-state index is 11.0. The molecule has 0 amide bonds. The predicted octanol–water partition coefficient (Wildman–Crippen LogP) is -2.51. The van der Waals surface area contributed by atoms with E-state index in [0.29, 0.717) is 0 Å². The van der Waals surface area contributed by atoms with Crippen molar-refractivity contribution in [3.63, 3.8) is 0 Å². The van der Waals surface area contributed by atoms with Crippen LogP contribution in [0.5, 0.6) is 0 Å². The van der Waals surface area contributed by atoms with Crippen LogP contribution in [0.2, 0.25) is 0 Å². The number of nitrogens with one attached hydrogen (secondary N) is 1. The molecule has 6 N–H and O–H groups in total. The van der Waals surface area contributed by atoms with Crippen molar-refractivity contribution in [2.75, 3.05) is 13.2 Å². The summed E-state index contributed by atoms with van der Waals surface area (Å²) in [5.41, 5.74) is 0. The van der Waals surface area contributed by atoms with Crippen molar-refractivity contribution in [2.24, 2.45) is 5.92 Å². The Morgan fingerprint density at radius 3 is 2.47 bits per heavy atom. The lowest BCUT2D eigenvalue weighted by atomic mass is 9.96. The highest BCUT2D eigenvalue weighted by atomic mass is 16.6. The first-order valence-corrected chi connectivity index (χ1v) is 6.05. The molecule has 1 fully saturated rings. The zero-order valence-electron chi connectivity index (χ0n) is 10.9. The van der Waals surface area contributed by atoms with Crippen LogP contribution in [0.15, 0.2) is 0 Å². The van der Waals surface area contributed by atoms with E-state index in [-0.39, 0.29) is 19.1 Å². The molecule has 0 bridgehead atoms. The standard InChI is InChI=1S/C11H21NO7/c1-5(2)7(10(16)17)12-4-11(18)9(15)8(14)6(13)3-19-11/h5-9,12-15,18H,3-4H2,1-2H3,(H,16,17)/t6-,7-,8?,9?,11+/m0/s1. The summed E-state index contributed by atoms with van der Waals surface area (Å²) in [4.78, 5) is 11.0. The lowest BCUT2D eigenvalue weighted by Gasteiger charge is -2.42. The molecule has 8 nitrogen and oxygen atoms in total. The van der Waals surface area contributed by atoms with Crippen molar-refractivity contribution in [1.29, 1.82) is 0 Å². The van der Waals surface area contributed by atoms with Gasteiger partial charge in [0.1, 0.15) is 24.4 Å². The first-order chi connectivity index (χ1) is 8.69. The lowest BCUT2D eigenvalue weighted by Crippen LogP contribution is -2.65. The summed E-state index contributed by atoms with van der Waals surface area (Å²) < 4.78 is 4.91. The SMILES string of the molecule is CC(C)[C@H](NC[C@@]1(O)OC[C@H](O)C(O)C1O)C(=O)O. The quantitative estimate of drug-likeness (QED) is 0.324. The van der Waals surface area contributed by atoms with Crippen molar-refractivity contribution in [2.45, 2.75) is 44.0 Å². The van der Waals surface area contributed by atoms with Crippen LogP contribution in [-0.2, 0) is 9.53 Å². The van der Waals surface area contributed by atoms with Crippen LogP contribution in [0, 0.1) is 5.92 Å². The molecular formula is C11H21NO7. The molecule has 0 radical (unpaired) electrons. The van der Waals surface area contributed by atoms with Gasteiger partial charge in [0.25, 0.3) is 0 Å². The summed E-state index contributed by atoms with van der Waals surface area (Å²) in [7, 11) is 0. The van der Waals surface area contributed by atoms with Gasteiger partial charge in [0.15, 0.2) is 0 Å². The molecule has 1 saturated heterocycles. The number of hydrogen-bond acceptors (Lipinski definition) is 7. The maximum absolute atomic E-state index is 11.0. The summed E-state index contributed by atoms with van der Waals surface area (Å²) in [5.74, 6) is -3.47. The fourth-order valence-electron chi connectivity index (χ4n) is 1.91. The molecule has 0 aromatic heterocycles. The third-order valence-electron chi connectivity index (χ3n) is 3.19. The number of hydrogen-bond donors (Lipinski definition) is 6. The van der Waals surface area contributed by atoms with Gasteiger partial charge in [-0.3, -0.25) is 10.1 Å². The van der Waals surface area contributed by atoms with E-state index in [9.17, 15) is 25.2 Å². The van der Waals surface area contributed by atoms with Crippen LogP contribution >= 0.6 is 0 Å². The molecule has 0 aliphatic carbocycles. The molecule has 1 aliphatic rings. The Balaban J connectivity index is 2.67. The average molecular weight is 279 g/mol. The first-order valence-electron chi connectivity index (χ1n) is 6.05. The van der Waals surface area contributed by atoms with E-state index in [1.807, 2.05) is 0 Å². The first kappa shape index (κ1) is 16.3. The molecule has 8 heteroatoms. The highest BCUT2D eigenvalue weighted by Gasteiger charge is 2.48. The van der Waals surface area contributed by atoms with Crippen LogP contribution in [-0.4, -0.2) is 74.8 Å². The van der Waals surface area contributed by atoms with E-state index in [0.717, 1.165) is 0 Å². The second kappa shape index (κ2) is 6.12. The summed E-state index contributed by atoms with van der Waals surface area (Å²) in [6.45, 7) is 2.64. The fraction of sp³-hybridized carbons (Fsp3) is 0.909. The largest absolute Gasteiger partial charge is 0.480 e. The minimum absolute atomic E-state index is 0.239. The molecule has 0 saturated carbocycles. The predicted molar refractivity (Wildman–Crippen MR) is 63.2 cm³/mol. The molecule has 0 spiro atoms. The van der Waals surface area contributed by atoms with Gasteiger partial charge in [-0.05, 0) is 5.92 Å². The maximum Gasteiger partial charge on any atom is 0.320 e. The third-order valence-corrected chi connectivity index (χ3v) is 3.19. The molecular weight excluding hydrogens is 258 g/mol. The Morgan fingerprint density at radius 1 is 1.42 bits per heavy atom. The molecule has 0 aromatic carbocycles. The smallest absolute Gasteiger partial charge is 0.320 e. The second-order valence-electron chi connectivity index (χ2n) is 5.10. The highest BCUT2D eigenvalue weighted by molar-refractivity contribution is 5.73. The van der Waals surface area contributed by atoms with Gasteiger partial charge in [-0.15, -0.1) is 0 Å². The number of aliphatic hydroxyl groups is 4. The number of ether oxygens (including phenoxy) is 1. The summed E-state index contributed by atoms with van der Waals surface area (Å²) in [6, 6.07) is -0.927. The van der Waals surface area contributed by atoms with E-state index in [1.54, 1.807) is 13.8 Å². The van der Waals surface area contributed by atoms with Crippen molar-refractivity contribution >= 4 is 5.97 Å². The summed E-state index contributed by atoms with van der Waals surface area (Å²) in [5, 5.41) is 50.0. The van der Waals surface area contributed by atoms with Gasteiger partial charge in [-0.25, -0.2) is 0 Å². The van der Waals surface area contributed by atoms with E-state index in [2.05, 4.69) is 5.32 Å². The zero-order valence-corrected chi connectivity index (χ0v) is 10.9. The Labute approximate surface area is 110 Å². The van der Waals surface area contributed by atoms with E-state index in [4.69, 9.17) is 9.84 Å². The molecule has 19 heavy (non-hydrogen) atoms. The van der Waals surface area contributed by atoms with Gasteiger partial charge in [0.2, 0.25) is 5.79 Å². The number of aliphatic hydroxyl groups excluding tert-OH is 3. The molecule has 1 aliphatic heterocycles. The number of carboxylic acids is 1. The molecule has 5 atom stereocenters. The fourth-order valence-corrected chi connectivity index (χ4v) is 1.91. The molecule has 2 unspecified atom stereocenters.